The van der Waals surface area contributed by atoms with Crippen molar-refractivity contribution in [1.82, 2.24) is 5.32 Å². The number of thiophene rings is 1. The van der Waals surface area contributed by atoms with Gasteiger partial charge < -0.3 is 5.32 Å². The van der Waals surface area contributed by atoms with Crippen LogP contribution in [0.4, 0.5) is 0 Å². The Kier molecular flexibility index (Phi) is 5.30. The fourth-order valence-corrected chi connectivity index (χ4v) is 4.53. The number of hydrogen-bond donors (Lipinski definition) is 1. The lowest BCUT2D eigenvalue weighted by molar-refractivity contribution is 0.661. The van der Waals surface area contributed by atoms with Crippen molar-refractivity contribution in [2.45, 2.75) is 17.9 Å². The fraction of sp³-hybridized carbons (Fsp3) is 0.286. The van der Waals surface area contributed by atoms with Crippen molar-refractivity contribution >= 4 is 39.0 Å². The van der Waals surface area contributed by atoms with Crippen LogP contribution in [0.2, 0.25) is 0 Å². The van der Waals surface area contributed by atoms with Gasteiger partial charge in [-0.3, -0.25) is 0 Å². The standard InChI is InChI=1S/C14H16BrNS2/c1-10-4-3-5-11(6-10)18-9-14(16-2)12-7-17-8-13(12)15/h3-8,14,16H,9H2,1-2H3. The van der Waals surface area contributed by atoms with Crippen LogP contribution in [0.3, 0.4) is 0 Å². The molecule has 0 saturated heterocycles. The molecule has 0 aliphatic carbocycles. The van der Waals surface area contributed by atoms with Crippen LogP contribution < -0.4 is 5.32 Å². The van der Waals surface area contributed by atoms with Gasteiger partial charge in [0.2, 0.25) is 0 Å². The molecule has 96 valence electrons. The summed E-state index contributed by atoms with van der Waals surface area (Å²) in [7, 11) is 2.02. The van der Waals surface area contributed by atoms with Gasteiger partial charge in [-0.2, -0.15) is 11.3 Å². The molecular formula is C14H16BrNS2. The van der Waals surface area contributed by atoms with Crippen molar-refractivity contribution in [3.8, 4) is 0 Å². The summed E-state index contributed by atoms with van der Waals surface area (Å²) in [6.45, 7) is 2.13. The molecule has 1 aromatic heterocycles. The van der Waals surface area contributed by atoms with E-state index < -0.39 is 0 Å². The second kappa shape index (κ2) is 6.75. The molecule has 1 nitrogen and oxygen atoms in total. The minimum absolute atomic E-state index is 0.385. The quantitative estimate of drug-likeness (QED) is 0.778. The summed E-state index contributed by atoms with van der Waals surface area (Å²) in [6, 6.07) is 9.05. The molecule has 1 unspecified atom stereocenters. The van der Waals surface area contributed by atoms with Crippen LogP contribution in [-0.4, -0.2) is 12.8 Å². The van der Waals surface area contributed by atoms with Crippen molar-refractivity contribution in [2.75, 3.05) is 12.8 Å². The molecule has 1 heterocycles. The zero-order valence-electron chi connectivity index (χ0n) is 10.4. The normalized spacial score (nSPS) is 12.6. The van der Waals surface area contributed by atoms with Gasteiger partial charge in [-0.15, -0.1) is 11.8 Å². The average Bonchev–Trinajstić information content (AvgIpc) is 2.77. The van der Waals surface area contributed by atoms with Crippen molar-refractivity contribution < 1.29 is 0 Å². The Bertz CT molecular complexity index is 510. The van der Waals surface area contributed by atoms with E-state index in [0.717, 1.165) is 5.75 Å². The lowest BCUT2D eigenvalue weighted by Gasteiger charge is -2.15. The monoisotopic (exact) mass is 341 g/mol. The number of nitrogens with one attached hydrogen (secondary N) is 1. The number of benzene rings is 1. The first-order valence-corrected chi connectivity index (χ1v) is 8.51. The van der Waals surface area contributed by atoms with Gasteiger partial charge in [0, 0.05) is 26.5 Å². The van der Waals surface area contributed by atoms with Gasteiger partial charge in [0.15, 0.2) is 0 Å². The molecule has 0 saturated carbocycles. The summed E-state index contributed by atoms with van der Waals surface area (Å²) in [5.41, 5.74) is 2.67. The minimum Gasteiger partial charge on any atom is -0.312 e. The van der Waals surface area contributed by atoms with Crippen molar-refractivity contribution in [3.63, 3.8) is 0 Å². The Hall–Kier alpha value is -0.290. The molecule has 1 N–H and O–H groups in total. The van der Waals surface area contributed by atoms with E-state index in [1.54, 1.807) is 11.3 Å². The van der Waals surface area contributed by atoms with Crippen molar-refractivity contribution in [1.29, 1.82) is 0 Å². The Morgan fingerprint density at radius 3 is 2.83 bits per heavy atom. The molecule has 0 fully saturated rings. The van der Waals surface area contributed by atoms with E-state index in [2.05, 4.69) is 63.2 Å². The molecule has 2 rings (SSSR count). The van der Waals surface area contributed by atoms with Crippen LogP contribution in [0.1, 0.15) is 17.2 Å². The number of rotatable bonds is 5. The van der Waals surface area contributed by atoms with Gasteiger partial charge in [0.25, 0.3) is 0 Å². The topological polar surface area (TPSA) is 12.0 Å². The SMILES string of the molecule is CNC(CSc1cccc(C)c1)c1cscc1Br. The highest BCUT2D eigenvalue weighted by molar-refractivity contribution is 9.10. The van der Waals surface area contributed by atoms with Crippen LogP contribution in [0.5, 0.6) is 0 Å². The summed E-state index contributed by atoms with van der Waals surface area (Å²) in [4.78, 5) is 1.33. The largest absolute Gasteiger partial charge is 0.312 e. The van der Waals surface area contributed by atoms with E-state index in [1.807, 2.05) is 18.8 Å². The summed E-state index contributed by atoms with van der Waals surface area (Å²) in [5, 5.41) is 7.73. The smallest absolute Gasteiger partial charge is 0.0432 e. The van der Waals surface area contributed by atoms with Gasteiger partial charge >= 0.3 is 0 Å². The van der Waals surface area contributed by atoms with E-state index in [9.17, 15) is 0 Å². The van der Waals surface area contributed by atoms with E-state index in [-0.39, 0.29) is 0 Å². The molecular weight excluding hydrogens is 326 g/mol. The van der Waals surface area contributed by atoms with Gasteiger partial charge in [-0.05, 0) is 53.0 Å². The van der Waals surface area contributed by atoms with E-state index >= 15 is 0 Å². The molecule has 0 bridgehead atoms. The fourth-order valence-electron chi connectivity index (χ4n) is 1.75. The Morgan fingerprint density at radius 2 is 2.22 bits per heavy atom. The van der Waals surface area contributed by atoms with Crippen LogP contribution in [0, 0.1) is 6.92 Å². The van der Waals surface area contributed by atoms with Crippen LogP contribution in [0.15, 0.2) is 44.4 Å². The highest BCUT2D eigenvalue weighted by Crippen LogP contribution is 2.31. The molecule has 0 amide bonds. The summed E-state index contributed by atoms with van der Waals surface area (Å²) < 4.78 is 1.21. The minimum atomic E-state index is 0.385. The second-order valence-electron chi connectivity index (χ2n) is 4.14. The van der Waals surface area contributed by atoms with Gasteiger partial charge in [-0.1, -0.05) is 17.7 Å². The van der Waals surface area contributed by atoms with Gasteiger partial charge in [0.1, 0.15) is 0 Å². The first kappa shape index (κ1) is 14.1. The van der Waals surface area contributed by atoms with Crippen LogP contribution in [-0.2, 0) is 0 Å². The predicted molar refractivity (Wildman–Crippen MR) is 85.7 cm³/mol. The zero-order valence-corrected chi connectivity index (χ0v) is 13.7. The molecule has 4 heteroatoms. The summed E-state index contributed by atoms with van der Waals surface area (Å²) in [5.74, 6) is 1.04. The average molecular weight is 342 g/mol. The molecule has 0 radical (unpaired) electrons. The maximum Gasteiger partial charge on any atom is 0.0432 e. The highest BCUT2D eigenvalue weighted by Gasteiger charge is 2.13. The lowest BCUT2D eigenvalue weighted by Crippen LogP contribution is -2.18. The van der Waals surface area contributed by atoms with Crippen LogP contribution >= 0.6 is 39.0 Å². The number of hydrogen-bond acceptors (Lipinski definition) is 3. The lowest BCUT2D eigenvalue weighted by atomic mass is 10.2. The van der Waals surface area contributed by atoms with E-state index in [4.69, 9.17) is 0 Å². The third-order valence-corrected chi connectivity index (χ3v) is 5.61. The molecule has 1 atom stereocenters. The van der Waals surface area contributed by atoms with Crippen molar-refractivity contribution in [2.24, 2.45) is 0 Å². The van der Waals surface area contributed by atoms with Crippen LogP contribution in [0.25, 0.3) is 0 Å². The summed E-state index contributed by atoms with van der Waals surface area (Å²) in [6.07, 6.45) is 0. The molecule has 18 heavy (non-hydrogen) atoms. The molecule has 0 aliphatic rings. The molecule has 1 aromatic carbocycles. The molecule has 2 aromatic rings. The van der Waals surface area contributed by atoms with Crippen molar-refractivity contribution in [3.05, 3.63) is 50.6 Å². The maximum atomic E-state index is 3.61. The first-order chi connectivity index (χ1) is 8.70. The Morgan fingerprint density at radius 1 is 1.39 bits per heavy atom. The third-order valence-electron chi connectivity index (χ3n) is 2.77. The Labute approximate surface area is 125 Å². The van der Waals surface area contributed by atoms with E-state index in [1.165, 1.54) is 20.5 Å². The van der Waals surface area contributed by atoms with Gasteiger partial charge in [-0.25, -0.2) is 0 Å². The number of halogens is 1. The second-order valence-corrected chi connectivity index (χ2v) is 6.84. The molecule has 0 spiro atoms. The third kappa shape index (κ3) is 3.60. The number of aryl methyl sites for hydroxylation is 1. The van der Waals surface area contributed by atoms with E-state index in [0.29, 0.717) is 6.04 Å². The molecule has 0 aliphatic heterocycles. The summed E-state index contributed by atoms with van der Waals surface area (Å²) >= 11 is 7.24. The maximum absolute atomic E-state index is 3.61. The predicted octanol–water partition coefficient (Wildman–Crippen LogP) is 4.87. The number of thioether (sulfide) groups is 1. The van der Waals surface area contributed by atoms with Gasteiger partial charge in [0.05, 0.1) is 0 Å². The zero-order chi connectivity index (χ0) is 13.0. The first-order valence-electron chi connectivity index (χ1n) is 5.79. The highest BCUT2D eigenvalue weighted by atomic mass is 79.9. The Balaban J connectivity index is 2.02.